The second-order valence-corrected chi connectivity index (χ2v) is 5.38. The molecule has 0 aromatic carbocycles. The van der Waals surface area contributed by atoms with Crippen LogP contribution in [0.1, 0.15) is 97.8 Å². The number of nitrogens with one attached hydrogen (secondary N) is 1. The van der Waals surface area contributed by atoms with Gasteiger partial charge >= 0.3 is 11.9 Å². The molecule has 0 aromatic heterocycles. The summed E-state index contributed by atoms with van der Waals surface area (Å²) in [6.07, 6.45) is 15.3. The topological polar surface area (TPSA) is 98.5 Å². The molecule has 0 aliphatic heterocycles. The van der Waals surface area contributed by atoms with Crippen LogP contribution in [0.5, 0.6) is 0 Å². The van der Waals surface area contributed by atoms with E-state index in [1.165, 1.54) is 64.2 Å². The summed E-state index contributed by atoms with van der Waals surface area (Å²) in [7, 11) is 0. The zero-order valence-corrected chi connectivity index (χ0v) is 15.3. The summed E-state index contributed by atoms with van der Waals surface area (Å²) in [6, 6.07) is 0. The molecule has 0 rings (SSSR count). The third kappa shape index (κ3) is 44.9. The Labute approximate surface area is 142 Å². The first kappa shape index (κ1) is 26.5. The quantitative estimate of drug-likeness (QED) is 0.324. The van der Waals surface area contributed by atoms with Crippen LogP contribution in [0.25, 0.3) is 0 Å². The van der Waals surface area contributed by atoms with Gasteiger partial charge < -0.3 is 15.6 Å². The smallest absolute Gasteiger partial charge is 0.308 e. The average Bonchev–Trinajstić information content (AvgIpc) is 2.51. The van der Waals surface area contributed by atoms with Crippen molar-refractivity contribution in [1.29, 1.82) is 5.41 Å². The molecule has 0 spiro atoms. The minimum absolute atomic E-state index is 0.167. The van der Waals surface area contributed by atoms with Crippen LogP contribution in [0.2, 0.25) is 0 Å². The molecule has 0 heterocycles. The van der Waals surface area contributed by atoms with Crippen LogP contribution in [0, 0.1) is 5.41 Å². The molecule has 0 atom stereocenters. The van der Waals surface area contributed by atoms with E-state index in [9.17, 15) is 9.59 Å². The highest BCUT2D eigenvalue weighted by atomic mass is 16.4. The normalized spacial score (nSPS) is 9.00. The summed E-state index contributed by atoms with van der Waals surface area (Å²) in [5.74, 6) is -1.70. The molecule has 0 radical (unpaired) electrons. The Hall–Kier alpha value is -1.39. The van der Waals surface area contributed by atoms with Crippen molar-refractivity contribution in [2.45, 2.75) is 97.8 Å². The molecule has 0 fully saturated rings. The van der Waals surface area contributed by atoms with Gasteiger partial charge in [-0.2, -0.15) is 0 Å². The lowest BCUT2D eigenvalue weighted by atomic mass is 10.1. The van der Waals surface area contributed by atoms with E-state index in [2.05, 4.69) is 13.8 Å². The Morgan fingerprint density at radius 1 is 0.739 bits per heavy atom. The molecule has 0 aliphatic rings. The van der Waals surface area contributed by atoms with Gasteiger partial charge in [-0.05, 0) is 0 Å². The van der Waals surface area contributed by atoms with Crippen molar-refractivity contribution >= 4 is 18.2 Å². The third-order valence-electron chi connectivity index (χ3n) is 3.04. The fourth-order valence-electron chi connectivity index (χ4n) is 1.65. The Kier molecular flexibility index (Phi) is 29.5. The molecule has 0 bridgehead atoms. The Morgan fingerprint density at radius 3 is 1.17 bits per heavy atom. The van der Waals surface area contributed by atoms with Gasteiger partial charge in [0.25, 0.3) is 0 Å². The summed E-state index contributed by atoms with van der Waals surface area (Å²) < 4.78 is 0. The second kappa shape index (κ2) is 25.6. The lowest BCUT2D eigenvalue weighted by Crippen LogP contribution is -1.92. The first-order valence-electron chi connectivity index (χ1n) is 8.88. The number of hydrogen-bond donors (Lipinski definition) is 3. The van der Waals surface area contributed by atoms with E-state index in [4.69, 9.17) is 15.6 Å². The van der Waals surface area contributed by atoms with Gasteiger partial charge in [0.1, 0.15) is 0 Å². The number of hydrogen-bond acceptors (Lipinski definition) is 3. The summed E-state index contributed by atoms with van der Waals surface area (Å²) >= 11 is 0. The molecule has 23 heavy (non-hydrogen) atoms. The van der Waals surface area contributed by atoms with Crippen LogP contribution in [0.3, 0.4) is 0 Å². The maximum atomic E-state index is 9.45. The van der Waals surface area contributed by atoms with E-state index < -0.39 is 11.9 Å². The minimum Gasteiger partial charge on any atom is -0.481 e. The van der Waals surface area contributed by atoms with Gasteiger partial charge in [0, 0.05) is 12.6 Å². The van der Waals surface area contributed by atoms with Crippen LogP contribution >= 0.6 is 0 Å². The molecule has 0 aromatic rings. The van der Waals surface area contributed by atoms with Crippen molar-refractivity contribution in [2.24, 2.45) is 0 Å². The van der Waals surface area contributed by atoms with Crippen molar-refractivity contribution in [3.05, 3.63) is 0 Å². The predicted molar refractivity (Wildman–Crippen MR) is 96.5 cm³/mol. The number of aliphatic carboxylic acids is 2. The standard InChI is InChI=1S/C12H26.C3H5NO2.C3H6O2/c1-3-5-7-9-11-12-10-8-6-4-2;4-2-1-3(5)6;1-2-3(4)5/h3-12H2,1-2H3;2,4H,1H2,(H,5,6);2H2,1H3,(H,4,5). The third-order valence-corrected chi connectivity index (χ3v) is 3.04. The van der Waals surface area contributed by atoms with Crippen LogP contribution in [-0.4, -0.2) is 28.4 Å². The van der Waals surface area contributed by atoms with Gasteiger partial charge in [-0.25, -0.2) is 0 Å². The van der Waals surface area contributed by atoms with Crippen LogP contribution < -0.4 is 0 Å². The molecule has 0 aliphatic carbocycles. The van der Waals surface area contributed by atoms with Crippen LogP contribution in [0.15, 0.2) is 0 Å². The molecule has 0 saturated heterocycles. The summed E-state index contributed by atoms with van der Waals surface area (Å²) in [6.45, 7) is 6.16. The van der Waals surface area contributed by atoms with Gasteiger partial charge in [0.15, 0.2) is 0 Å². The molecule has 0 amide bonds. The van der Waals surface area contributed by atoms with Crippen LogP contribution in [0.4, 0.5) is 0 Å². The van der Waals surface area contributed by atoms with E-state index in [0.717, 1.165) is 6.21 Å². The maximum absolute atomic E-state index is 9.45. The van der Waals surface area contributed by atoms with Crippen molar-refractivity contribution in [3.63, 3.8) is 0 Å². The van der Waals surface area contributed by atoms with Gasteiger partial charge in [-0.1, -0.05) is 85.0 Å². The number of rotatable bonds is 12. The fraction of sp³-hybridized carbons (Fsp3) is 0.833. The second-order valence-electron chi connectivity index (χ2n) is 5.38. The highest BCUT2D eigenvalue weighted by Crippen LogP contribution is 2.09. The van der Waals surface area contributed by atoms with E-state index in [1.807, 2.05) is 0 Å². The number of carbonyl (C=O) groups is 2. The number of carboxylic acid groups (broad SMARTS) is 2. The summed E-state index contributed by atoms with van der Waals surface area (Å²) in [4.78, 5) is 18.8. The van der Waals surface area contributed by atoms with Crippen molar-refractivity contribution in [3.8, 4) is 0 Å². The van der Waals surface area contributed by atoms with Crippen molar-refractivity contribution in [2.75, 3.05) is 0 Å². The molecular weight excluding hydrogens is 294 g/mol. The van der Waals surface area contributed by atoms with E-state index in [0.29, 0.717) is 0 Å². The molecule has 0 saturated carbocycles. The molecule has 0 unspecified atom stereocenters. The molecule has 3 N–H and O–H groups in total. The SMILES string of the molecule is CCC(=O)O.CCCCCCCCCCCC.N=CCC(=O)O. The largest absolute Gasteiger partial charge is 0.481 e. The lowest BCUT2D eigenvalue weighted by molar-refractivity contribution is -0.137. The van der Waals surface area contributed by atoms with Gasteiger partial charge in [-0.3, -0.25) is 9.59 Å². The van der Waals surface area contributed by atoms with Gasteiger partial charge in [0.2, 0.25) is 0 Å². The first-order valence-corrected chi connectivity index (χ1v) is 8.88. The van der Waals surface area contributed by atoms with E-state index in [1.54, 1.807) is 6.92 Å². The Balaban J connectivity index is -0.000000303. The Morgan fingerprint density at radius 2 is 1.04 bits per heavy atom. The highest BCUT2D eigenvalue weighted by Gasteiger charge is 1.90. The molecule has 5 heteroatoms. The Bertz CT molecular complexity index is 258. The average molecular weight is 331 g/mol. The fourth-order valence-corrected chi connectivity index (χ4v) is 1.65. The molecule has 138 valence electrons. The first-order chi connectivity index (χ1) is 11.0. The number of unbranched alkanes of at least 4 members (excludes halogenated alkanes) is 9. The van der Waals surface area contributed by atoms with Crippen molar-refractivity contribution < 1.29 is 19.8 Å². The maximum Gasteiger partial charge on any atom is 0.308 e. The van der Waals surface area contributed by atoms with E-state index >= 15 is 0 Å². The van der Waals surface area contributed by atoms with E-state index in [-0.39, 0.29) is 12.8 Å². The zero-order valence-electron chi connectivity index (χ0n) is 15.3. The van der Waals surface area contributed by atoms with Gasteiger partial charge in [-0.15, -0.1) is 0 Å². The highest BCUT2D eigenvalue weighted by molar-refractivity contribution is 5.83. The minimum atomic E-state index is -0.954. The lowest BCUT2D eigenvalue weighted by Gasteiger charge is -1.99. The van der Waals surface area contributed by atoms with Crippen LogP contribution in [-0.2, 0) is 9.59 Å². The van der Waals surface area contributed by atoms with Gasteiger partial charge in [0.05, 0.1) is 6.42 Å². The zero-order chi connectivity index (χ0) is 18.3. The molecule has 5 nitrogen and oxygen atoms in total. The summed E-state index contributed by atoms with van der Waals surface area (Å²) in [5.41, 5.74) is 0. The van der Waals surface area contributed by atoms with Crippen molar-refractivity contribution in [1.82, 2.24) is 0 Å². The monoisotopic (exact) mass is 331 g/mol. The summed E-state index contributed by atoms with van der Waals surface area (Å²) in [5, 5.41) is 21.7. The predicted octanol–water partition coefficient (Wildman–Crippen LogP) is 5.52. The molecular formula is C18H37NO4. The number of carboxylic acids is 2.